The molecule has 5 aliphatic rings. The van der Waals surface area contributed by atoms with Gasteiger partial charge in [0.2, 0.25) is 0 Å². The highest BCUT2D eigenvalue weighted by atomic mass is 16.5. The maximum Gasteiger partial charge on any atom is 0.322 e. The summed E-state index contributed by atoms with van der Waals surface area (Å²) in [6, 6.07) is 10.9. The molecule has 8 rings (SSSR count). The number of aliphatic hydroxyl groups is 3. The molecule has 8 N–H and O–H groups in total. The molecule has 1 amide bonds. The summed E-state index contributed by atoms with van der Waals surface area (Å²) >= 11 is 0. The number of aromatic amines is 1. The van der Waals surface area contributed by atoms with Crippen LogP contribution in [0.2, 0.25) is 0 Å². The fourth-order valence-electron chi connectivity index (χ4n) is 12.6. The zero-order valence-electron chi connectivity index (χ0n) is 33.4. The van der Waals surface area contributed by atoms with Crippen LogP contribution in [0.25, 0.3) is 10.9 Å². The van der Waals surface area contributed by atoms with Gasteiger partial charge in [0.25, 0.3) is 5.91 Å². The van der Waals surface area contributed by atoms with Crippen molar-refractivity contribution in [2.24, 2.45) is 22.8 Å². The predicted octanol–water partition coefficient (Wildman–Crippen LogP) is 3.55. The Hall–Kier alpha value is -3.94. The number of anilines is 1. The largest absolute Gasteiger partial charge is 0.496 e. The Morgan fingerprint density at radius 2 is 1.88 bits per heavy atom. The number of fused-ring (bicyclic) bond motifs is 4. The summed E-state index contributed by atoms with van der Waals surface area (Å²) in [7, 11) is 4.86. The second kappa shape index (κ2) is 13.6. The second-order valence-electron chi connectivity index (χ2n) is 17.5. The molecule has 1 aromatic heterocycles. The van der Waals surface area contributed by atoms with Crippen LogP contribution in [0.1, 0.15) is 87.6 Å². The van der Waals surface area contributed by atoms with E-state index in [1.54, 1.807) is 7.11 Å². The van der Waals surface area contributed by atoms with Crippen LogP contribution in [-0.2, 0) is 31.6 Å². The topological polar surface area (TPSA) is 188 Å². The highest BCUT2D eigenvalue weighted by molar-refractivity contribution is 5.95. The molecule has 4 heterocycles. The first kappa shape index (κ1) is 38.9. The number of ether oxygens (including phenoxy) is 2. The Kier molecular flexibility index (Phi) is 9.44. The van der Waals surface area contributed by atoms with E-state index in [4.69, 9.17) is 20.9 Å². The molecule has 3 aliphatic heterocycles. The fourth-order valence-corrected chi connectivity index (χ4v) is 12.6. The van der Waals surface area contributed by atoms with Crippen LogP contribution in [0.15, 0.2) is 48.6 Å². The van der Waals surface area contributed by atoms with Gasteiger partial charge in [-0.25, -0.2) is 0 Å². The van der Waals surface area contributed by atoms with Crippen molar-refractivity contribution in [3.8, 4) is 5.75 Å². The molecule has 3 aromatic rings. The summed E-state index contributed by atoms with van der Waals surface area (Å²) < 4.78 is 12.2. The minimum atomic E-state index is -2.31. The average molecular weight is 770 g/mol. The number of para-hydroxylation sites is 1. The number of benzene rings is 2. The standard InChI is InChI=1S/C44H59N5O7/c1-6-40(53,25-45)23-26-13-8-9-15-28-27-14-10-11-16-31(27)47-34(28)43(24-26,39(52)56-5)30-21-29-32(22-33(30)55-4)48(3)36-42(29)18-20-49-19-12-17-41(7-2,35(42)49)37(50)44(36,54)38(46)51/h10-12,14,16-17,21-22,26,35-37,47,50,53-54H,6-9,13,15,18-20,23-25,45H2,1-5H3,(H2,46,51)/t26-,35+,36-,37-,40+,41-,42-,43+,44+/m1/s1. The molecule has 2 aromatic carbocycles. The Morgan fingerprint density at radius 1 is 1.11 bits per heavy atom. The third kappa shape index (κ3) is 4.95. The fraction of sp³-hybridized carbons (Fsp3) is 0.591. The number of primary amides is 1. The van der Waals surface area contributed by atoms with Gasteiger partial charge >= 0.3 is 5.97 Å². The van der Waals surface area contributed by atoms with E-state index in [-0.39, 0.29) is 18.5 Å². The number of hydrogen-bond donors (Lipinski definition) is 6. The maximum atomic E-state index is 15.2. The number of aromatic nitrogens is 1. The van der Waals surface area contributed by atoms with Crippen molar-refractivity contribution >= 4 is 28.5 Å². The van der Waals surface area contributed by atoms with Crippen molar-refractivity contribution in [2.45, 2.75) is 112 Å². The number of nitrogens with two attached hydrogens (primary N) is 2. The second-order valence-corrected chi connectivity index (χ2v) is 17.5. The average Bonchev–Trinajstić information content (AvgIpc) is 3.87. The molecule has 2 fully saturated rings. The monoisotopic (exact) mass is 769 g/mol. The summed E-state index contributed by atoms with van der Waals surface area (Å²) in [5.74, 6) is -1.10. The normalized spacial score (nSPS) is 34.7. The number of aliphatic hydroxyl groups excluding tert-OH is 1. The van der Waals surface area contributed by atoms with Crippen molar-refractivity contribution in [1.29, 1.82) is 0 Å². The van der Waals surface area contributed by atoms with Crippen molar-refractivity contribution in [3.63, 3.8) is 0 Å². The number of methoxy groups -OCH3 is 2. The number of hydrogen-bond acceptors (Lipinski definition) is 10. The van der Waals surface area contributed by atoms with Gasteiger partial charge in [-0.05, 0) is 80.7 Å². The lowest BCUT2D eigenvalue weighted by atomic mass is 9.47. The van der Waals surface area contributed by atoms with E-state index in [1.165, 1.54) is 7.11 Å². The molecule has 0 unspecified atom stereocenters. The summed E-state index contributed by atoms with van der Waals surface area (Å²) in [6.07, 6.45) is 8.10. The van der Waals surface area contributed by atoms with Gasteiger partial charge in [-0.2, -0.15) is 0 Å². The van der Waals surface area contributed by atoms with Crippen LogP contribution in [0.4, 0.5) is 5.69 Å². The highest BCUT2D eigenvalue weighted by Crippen LogP contribution is 2.67. The molecule has 12 heteroatoms. The van der Waals surface area contributed by atoms with E-state index in [1.807, 2.05) is 62.2 Å². The molecule has 1 saturated carbocycles. The zero-order chi connectivity index (χ0) is 40.0. The van der Waals surface area contributed by atoms with E-state index in [0.29, 0.717) is 56.5 Å². The first-order chi connectivity index (χ1) is 26.8. The number of rotatable bonds is 9. The Morgan fingerprint density at radius 3 is 2.55 bits per heavy atom. The van der Waals surface area contributed by atoms with Gasteiger partial charge in [-0.15, -0.1) is 0 Å². The van der Waals surface area contributed by atoms with Gasteiger partial charge in [0.15, 0.2) is 5.60 Å². The van der Waals surface area contributed by atoms with Crippen LogP contribution in [0, 0.1) is 11.3 Å². The molecule has 1 spiro atoms. The molecular formula is C44H59N5O7. The van der Waals surface area contributed by atoms with Gasteiger partial charge in [-0.1, -0.05) is 57.0 Å². The van der Waals surface area contributed by atoms with Crippen LogP contribution >= 0.6 is 0 Å². The Balaban J connectivity index is 1.46. The lowest BCUT2D eigenvalue weighted by Gasteiger charge is -2.63. The zero-order valence-corrected chi connectivity index (χ0v) is 33.4. The Labute approximate surface area is 329 Å². The molecule has 302 valence electrons. The summed E-state index contributed by atoms with van der Waals surface area (Å²) in [6.45, 7) is 5.37. The molecule has 2 aliphatic carbocycles. The van der Waals surface area contributed by atoms with Gasteiger partial charge < -0.3 is 46.1 Å². The number of carbonyl (C=O) groups is 2. The van der Waals surface area contributed by atoms with E-state index in [9.17, 15) is 20.1 Å². The molecule has 56 heavy (non-hydrogen) atoms. The van der Waals surface area contributed by atoms with Gasteiger partial charge in [0, 0.05) is 70.9 Å². The Bertz CT molecular complexity index is 2080. The number of H-pyrrole nitrogens is 1. The van der Waals surface area contributed by atoms with E-state index >= 15 is 4.79 Å². The molecule has 9 atom stereocenters. The molecule has 12 nitrogen and oxygen atoms in total. The van der Waals surface area contributed by atoms with E-state index in [0.717, 1.165) is 59.1 Å². The van der Waals surface area contributed by atoms with Crippen molar-refractivity contribution in [1.82, 2.24) is 9.88 Å². The van der Waals surface area contributed by atoms with Crippen molar-refractivity contribution < 1.29 is 34.4 Å². The van der Waals surface area contributed by atoms with E-state index < -0.39 is 51.5 Å². The van der Waals surface area contributed by atoms with E-state index in [2.05, 4.69) is 22.0 Å². The number of nitrogens with zero attached hydrogens (tertiary/aromatic N) is 2. The van der Waals surface area contributed by atoms with Crippen molar-refractivity contribution in [3.05, 3.63) is 70.9 Å². The van der Waals surface area contributed by atoms with Crippen LogP contribution in [0.5, 0.6) is 5.75 Å². The first-order valence-electron chi connectivity index (χ1n) is 20.5. The summed E-state index contributed by atoms with van der Waals surface area (Å²) in [5, 5.41) is 37.8. The number of carbonyl (C=O) groups excluding carboxylic acids is 2. The number of esters is 1. The summed E-state index contributed by atoms with van der Waals surface area (Å²) in [4.78, 5) is 37.0. The first-order valence-corrected chi connectivity index (χ1v) is 20.5. The van der Waals surface area contributed by atoms with Gasteiger partial charge in [-0.3, -0.25) is 14.5 Å². The van der Waals surface area contributed by atoms with Gasteiger partial charge in [0.1, 0.15) is 17.3 Å². The van der Waals surface area contributed by atoms with Crippen molar-refractivity contribution in [2.75, 3.05) is 45.8 Å². The maximum absolute atomic E-state index is 15.2. The molecule has 0 radical (unpaired) electrons. The van der Waals surface area contributed by atoms with Gasteiger partial charge in [0.05, 0.1) is 25.9 Å². The third-order valence-electron chi connectivity index (χ3n) is 15.2. The summed E-state index contributed by atoms with van der Waals surface area (Å²) in [5.41, 5.74) is 10.6. The lowest BCUT2D eigenvalue weighted by Crippen LogP contribution is -2.81. The molecule has 1 saturated heterocycles. The van der Waals surface area contributed by atoms with Crippen LogP contribution in [-0.4, -0.2) is 107 Å². The minimum absolute atomic E-state index is 0.0986. The lowest BCUT2D eigenvalue weighted by molar-refractivity contribution is -0.201. The number of aryl methyl sites for hydroxylation is 1. The number of likely N-dealkylation sites (N-methyl/N-ethyl adjacent to an activating group) is 1. The third-order valence-corrected chi connectivity index (χ3v) is 15.2. The number of amides is 1. The van der Waals surface area contributed by atoms with Crippen LogP contribution < -0.4 is 21.1 Å². The number of nitrogens with one attached hydrogen (secondary N) is 1. The predicted molar refractivity (Wildman–Crippen MR) is 215 cm³/mol. The van der Waals surface area contributed by atoms with Crippen LogP contribution in [0.3, 0.4) is 0 Å². The smallest absolute Gasteiger partial charge is 0.322 e. The molecular weight excluding hydrogens is 711 g/mol. The highest BCUT2D eigenvalue weighted by Gasteiger charge is 2.78. The quantitative estimate of drug-likeness (QED) is 0.139. The minimum Gasteiger partial charge on any atom is -0.496 e. The molecule has 0 bridgehead atoms. The SMILES string of the molecule is CC[C@@](O)(CN)C[C@H]1CCCCc2c([nH]c3ccccc23)[C@@](C(=O)OC)(c2cc3c(cc2OC)N(C)[C@H]2[C@@](O)(C(N)=O)[C@H](O)[C@]4(CC)C=CCN5CC[C@]32[C@@H]54)C1.